The molecular weight excluding hydrogens is 250 g/mol. The summed E-state index contributed by atoms with van der Waals surface area (Å²) in [6.07, 6.45) is 2.54. The van der Waals surface area contributed by atoms with E-state index < -0.39 is 5.60 Å². The highest BCUT2D eigenvalue weighted by Gasteiger charge is 2.34. The molecule has 1 saturated carbocycles. The lowest BCUT2D eigenvalue weighted by Crippen LogP contribution is -2.47. The summed E-state index contributed by atoms with van der Waals surface area (Å²) in [7, 11) is 0. The molecule has 2 rings (SSSR count). The van der Waals surface area contributed by atoms with Gasteiger partial charge in [-0.25, -0.2) is 0 Å². The molecule has 4 heteroatoms. The van der Waals surface area contributed by atoms with Crippen LogP contribution in [0.4, 0.5) is 0 Å². The van der Waals surface area contributed by atoms with Crippen molar-refractivity contribution in [1.29, 1.82) is 0 Å². The lowest BCUT2D eigenvalue weighted by atomic mass is 9.80. The van der Waals surface area contributed by atoms with Crippen LogP contribution < -0.4 is 5.32 Å². The van der Waals surface area contributed by atoms with Crippen molar-refractivity contribution in [2.24, 2.45) is 0 Å². The molecule has 0 bridgehead atoms. The van der Waals surface area contributed by atoms with E-state index in [9.17, 15) is 9.90 Å². The molecule has 0 spiro atoms. The Morgan fingerprint density at radius 1 is 1.39 bits per heavy atom. The van der Waals surface area contributed by atoms with Gasteiger partial charge in [0.15, 0.2) is 0 Å². The van der Waals surface area contributed by atoms with Crippen LogP contribution in [0.3, 0.4) is 0 Å². The fraction of sp³-hybridized carbons (Fsp3) is 0.500. The second kappa shape index (κ2) is 4.90. The Balaban J connectivity index is 2.06. The Morgan fingerprint density at radius 3 is 2.56 bits per heavy atom. The molecule has 0 aliphatic heterocycles. The molecule has 1 amide bonds. The molecule has 3 nitrogen and oxygen atoms in total. The Labute approximate surface area is 112 Å². The van der Waals surface area contributed by atoms with Crippen molar-refractivity contribution in [3.8, 4) is 0 Å². The molecule has 0 heterocycles. The Morgan fingerprint density at radius 2 is 2.00 bits per heavy atom. The van der Waals surface area contributed by atoms with Crippen LogP contribution in [0, 0.1) is 13.8 Å². The van der Waals surface area contributed by atoms with E-state index in [0.717, 1.165) is 30.4 Å². The lowest BCUT2D eigenvalue weighted by molar-refractivity contribution is -0.0300. The zero-order valence-electron chi connectivity index (χ0n) is 10.7. The molecule has 1 aromatic carbocycles. The van der Waals surface area contributed by atoms with Crippen molar-refractivity contribution >= 4 is 17.5 Å². The Kier molecular flexibility index (Phi) is 3.64. The largest absolute Gasteiger partial charge is 0.388 e. The molecule has 0 aromatic heterocycles. The molecular formula is C14H18ClNO2. The van der Waals surface area contributed by atoms with Crippen molar-refractivity contribution < 1.29 is 9.90 Å². The third-order valence-electron chi connectivity index (χ3n) is 3.69. The van der Waals surface area contributed by atoms with E-state index >= 15 is 0 Å². The molecule has 0 saturated heterocycles. The Hall–Kier alpha value is -1.06. The van der Waals surface area contributed by atoms with Crippen molar-refractivity contribution in [2.75, 3.05) is 6.54 Å². The average Bonchev–Trinajstić information content (AvgIpc) is 2.28. The van der Waals surface area contributed by atoms with E-state index in [1.807, 2.05) is 13.8 Å². The summed E-state index contributed by atoms with van der Waals surface area (Å²) < 4.78 is 0. The number of amides is 1. The number of hydrogen-bond donors (Lipinski definition) is 2. The van der Waals surface area contributed by atoms with E-state index in [1.165, 1.54) is 0 Å². The quantitative estimate of drug-likeness (QED) is 0.884. The van der Waals surface area contributed by atoms with Gasteiger partial charge in [-0.15, -0.1) is 0 Å². The smallest absolute Gasteiger partial charge is 0.252 e. The van der Waals surface area contributed by atoms with Crippen molar-refractivity contribution in [1.82, 2.24) is 5.32 Å². The van der Waals surface area contributed by atoms with Gasteiger partial charge in [0.2, 0.25) is 0 Å². The summed E-state index contributed by atoms with van der Waals surface area (Å²) in [5, 5.41) is 13.1. The number of rotatable bonds is 3. The van der Waals surface area contributed by atoms with E-state index in [-0.39, 0.29) is 5.91 Å². The predicted molar refractivity (Wildman–Crippen MR) is 72.1 cm³/mol. The number of aryl methyl sites for hydroxylation is 2. The van der Waals surface area contributed by atoms with Gasteiger partial charge in [-0.05, 0) is 56.4 Å². The number of aliphatic hydroxyl groups is 1. The number of benzene rings is 1. The first-order chi connectivity index (χ1) is 8.41. The van der Waals surface area contributed by atoms with E-state index in [1.54, 1.807) is 12.1 Å². The highest BCUT2D eigenvalue weighted by atomic mass is 35.5. The van der Waals surface area contributed by atoms with Gasteiger partial charge in [0.1, 0.15) is 0 Å². The summed E-state index contributed by atoms with van der Waals surface area (Å²) >= 11 is 6.07. The maximum Gasteiger partial charge on any atom is 0.252 e. The number of hydrogen-bond acceptors (Lipinski definition) is 2. The fourth-order valence-corrected chi connectivity index (χ4v) is 2.36. The number of halogens is 1. The standard InChI is InChI=1S/C14H18ClNO2/c1-9-6-11(12(15)7-10(9)2)13(17)16-8-14(18)4-3-5-14/h6-7,18H,3-5,8H2,1-2H3,(H,16,17). The Bertz CT molecular complexity index is 481. The van der Waals surface area contributed by atoms with Crippen LogP contribution >= 0.6 is 11.6 Å². The minimum atomic E-state index is -0.706. The second-order valence-electron chi connectivity index (χ2n) is 5.18. The summed E-state index contributed by atoms with van der Waals surface area (Å²) in [6, 6.07) is 3.59. The van der Waals surface area contributed by atoms with Crippen LogP contribution in [0.2, 0.25) is 5.02 Å². The topological polar surface area (TPSA) is 49.3 Å². The normalized spacial score (nSPS) is 17.1. The molecule has 0 radical (unpaired) electrons. The van der Waals surface area contributed by atoms with E-state index in [0.29, 0.717) is 17.1 Å². The minimum Gasteiger partial charge on any atom is -0.388 e. The van der Waals surface area contributed by atoms with Crippen molar-refractivity contribution in [3.63, 3.8) is 0 Å². The molecule has 1 aliphatic rings. The minimum absolute atomic E-state index is 0.219. The monoisotopic (exact) mass is 267 g/mol. The molecule has 1 aliphatic carbocycles. The van der Waals surface area contributed by atoms with Gasteiger partial charge in [0.25, 0.3) is 5.91 Å². The molecule has 98 valence electrons. The van der Waals surface area contributed by atoms with Crippen molar-refractivity contribution in [3.05, 3.63) is 33.8 Å². The molecule has 0 atom stereocenters. The van der Waals surface area contributed by atoms with Gasteiger partial charge >= 0.3 is 0 Å². The van der Waals surface area contributed by atoms with Gasteiger partial charge in [0, 0.05) is 6.54 Å². The van der Waals surface area contributed by atoms with Gasteiger partial charge < -0.3 is 10.4 Å². The predicted octanol–water partition coefficient (Wildman–Crippen LogP) is 2.60. The van der Waals surface area contributed by atoms with Gasteiger partial charge in [-0.2, -0.15) is 0 Å². The number of carbonyl (C=O) groups is 1. The second-order valence-corrected chi connectivity index (χ2v) is 5.58. The first-order valence-electron chi connectivity index (χ1n) is 6.19. The first kappa shape index (κ1) is 13.4. The molecule has 1 fully saturated rings. The highest BCUT2D eigenvalue weighted by molar-refractivity contribution is 6.34. The fourth-order valence-electron chi connectivity index (χ4n) is 2.06. The van der Waals surface area contributed by atoms with Crippen LogP contribution in [0.25, 0.3) is 0 Å². The molecule has 18 heavy (non-hydrogen) atoms. The van der Waals surface area contributed by atoms with Crippen LogP contribution in [-0.4, -0.2) is 23.2 Å². The third-order valence-corrected chi connectivity index (χ3v) is 4.00. The summed E-state index contributed by atoms with van der Waals surface area (Å²) in [4.78, 5) is 12.0. The van der Waals surface area contributed by atoms with Crippen LogP contribution in [0.15, 0.2) is 12.1 Å². The SMILES string of the molecule is Cc1cc(Cl)c(C(=O)NCC2(O)CCC2)cc1C. The van der Waals surface area contributed by atoms with Crippen LogP contribution in [0.1, 0.15) is 40.7 Å². The molecule has 2 N–H and O–H groups in total. The van der Waals surface area contributed by atoms with Crippen molar-refractivity contribution in [2.45, 2.75) is 38.7 Å². The summed E-state index contributed by atoms with van der Waals surface area (Å²) in [6.45, 7) is 4.21. The number of carbonyl (C=O) groups excluding carboxylic acids is 1. The van der Waals surface area contributed by atoms with Gasteiger partial charge in [0.05, 0.1) is 16.2 Å². The third kappa shape index (κ3) is 2.68. The van der Waals surface area contributed by atoms with Crippen LogP contribution in [0.5, 0.6) is 0 Å². The summed E-state index contributed by atoms with van der Waals surface area (Å²) in [5.74, 6) is -0.219. The number of nitrogens with one attached hydrogen (secondary N) is 1. The molecule has 1 aromatic rings. The van der Waals surface area contributed by atoms with Crippen LogP contribution in [-0.2, 0) is 0 Å². The maximum absolute atomic E-state index is 12.0. The zero-order valence-corrected chi connectivity index (χ0v) is 11.5. The van der Waals surface area contributed by atoms with E-state index in [4.69, 9.17) is 11.6 Å². The summed E-state index contributed by atoms with van der Waals surface area (Å²) in [5.41, 5.74) is 1.87. The maximum atomic E-state index is 12.0. The average molecular weight is 268 g/mol. The zero-order chi connectivity index (χ0) is 13.3. The van der Waals surface area contributed by atoms with Gasteiger partial charge in [-0.1, -0.05) is 11.6 Å². The first-order valence-corrected chi connectivity index (χ1v) is 6.56. The molecule has 0 unspecified atom stereocenters. The lowest BCUT2D eigenvalue weighted by Gasteiger charge is -2.36. The highest BCUT2D eigenvalue weighted by Crippen LogP contribution is 2.30. The van der Waals surface area contributed by atoms with E-state index in [2.05, 4.69) is 5.32 Å². The van der Waals surface area contributed by atoms with Gasteiger partial charge in [-0.3, -0.25) is 4.79 Å².